The minimum absolute atomic E-state index is 0.172. The van der Waals surface area contributed by atoms with E-state index in [2.05, 4.69) is 19.9 Å². The van der Waals surface area contributed by atoms with Crippen LogP contribution in [-0.4, -0.2) is 32.7 Å². The van der Waals surface area contributed by atoms with Gasteiger partial charge >= 0.3 is 5.97 Å². The summed E-state index contributed by atoms with van der Waals surface area (Å²) in [6.07, 6.45) is 5.07. The molecular weight excluding hydrogens is 318 g/mol. The molecule has 130 valence electrons. The van der Waals surface area contributed by atoms with Gasteiger partial charge in [-0.1, -0.05) is 0 Å². The van der Waals surface area contributed by atoms with Crippen molar-refractivity contribution >= 4 is 11.6 Å². The number of ether oxygens (including phenoxy) is 1. The topological polar surface area (TPSA) is 87.6 Å². The average Bonchev–Trinajstić information content (AvgIpc) is 3.26. The van der Waals surface area contributed by atoms with Gasteiger partial charge in [0.2, 0.25) is 0 Å². The van der Waals surface area contributed by atoms with Crippen molar-refractivity contribution in [3.8, 4) is 6.07 Å². The van der Waals surface area contributed by atoms with Crippen molar-refractivity contribution in [2.24, 2.45) is 0 Å². The van der Waals surface area contributed by atoms with E-state index in [1.807, 2.05) is 12.3 Å². The van der Waals surface area contributed by atoms with Gasteiger partial charge < -0.3 is 14.2 Å². The molecule has 0 aromatic carbocycles. The number of carbonyl (C=O) groups is 1. The lowest BCUT2D eigenvalue weighted by molar-refractivity contribution is -0.0597. The Kier molecular flexibility index (Phi) is 3.41. The Bertz CT molecular complexity index is 903. The molecule has 2 fully saturated rings. The fraction of sp³-hybridized carbons (Fsp3) is 0.526. The molecule has 1 aliphatic carbocycles. The Morgan fingerprint density at radius 3 is 2.84 bits per heavy atom. The molecule has 1 N–H and O–H groups in total. The van der Waals surface area contributed by atoms with Crippen LogP contribution in [0.4, 0.5) is 0 Å². The van der Waals surface area contributed by atoms with Gasteiger partial charge in [-0.25, -0.2) is 9.78 Å². The van der Waals surface area contributed by atoms with Gasteiger partial charge in [0.25, 0.3) is 0 Å². The second-order valence-electron chi connectivity index (χ2n) is 7.78. The summed E-state index contributed by atoms with van der Waals surface area (Å²) < 4.78 is 7.57. The van der Waals surface area contributed by atoms with Crippen molar-refractivity contribution in [1.82, 2.24) is 9.38 Å². The Morgan fingerprint density at radius 2 is 2.24 bits per heavy atom. The summed E-state index contributed by atoms with van der Waals surface area (Å²) in [5.74, 6) is -0.706. The SMILES string of the molecule is CC1(C)C[C@H](c2ccn3c(C4(C#N)CC4)c(C(=O)O)cc3n2)CCO1. The second-order valence-corrected chi connectivity index (χ2v) is 7.78. The van der Waals surface area contributed by atoms with Crippen LogP contribution in [0.3, 0.4) is 0 Å². The highest BCUT2D eigenvalue weighted by Crippen LogP contribution is 2.49. The van der Waals surface area contributed by atoms with Crippen molar-refractivity contribution < 1.29 is 14.6 Å². The van der Waals surface area contributed by atoms with E-state index in [0.717, 1.165) is 18.5 Å². The third-order valence-corrected chi connectivity index (χ3v) is 5.42. The zero-order valence-corrected chi connectivity index (χ0v) is 14.5. The lowest BCUT2D eigenvalue weighted by Crippen LogP contribution is -2.33. The Hall–Kier alpha value is -2.39. The molecule has 25 heavy (non-hydrogen) atoms. The molecule has 3 heterocycles. The number of nitrogens with zero attached hydrogens (tertiary/aromatic N) is 3. The van der Waals surface area contributed by atoms with Crippen LogP contribution in [0.2, 0.25) is 0 Å². The molecule has 4 rings (SSSR count). The van der Waals surface area contributed by atoms with Crippen molar-refractivity contribution in [2.75, 3.05) is 6.61 Å². The predicted octanol–water partition coefficient (Wildman–Crippen LogP) is 3.26. The number of aromatic carboxylic acids is 1. The molecule has 1 saturated carbocycles. The molecule has 0 unspecified atom stereocenters. The quantitative estimate of drug-likeness (QED) is 0.927. The monoisotopic (exact) mass is 339 g/mol. The van der Waals surface area contributed by atoms with Gasteiger partial charge in [-0.05, 0) is 51.7 Å². The van der Waals surface area contributed by atoms with Crippen molar-refractivity contribution in [2.45, 2.75) is 56.5 Å². The fourth-order valence-corrected chi connectivity index (χ4v) is 3.96. The van der Waals surface area contributed by atoms with Gasteiger partial charge in [-0.3, -0.25) is 0 Å². The summed E-state index contributed by atoms with van der Waals surface area (Å²) >= 11 is 0. The standard InChI is InChI=1S/C19H21N3O3/c1-18(2)10-12(4-8-25-18)14-3-7-22-15(21-14)9-13(17(23)24)16(22)19(11-20)5-6-19/h3,7,9,12H,4-6,8,10H2,1-2H3,(H,23,24)/t12-/m1/s1. The van der Waals surface area contributed by atoms with Gasteiger partial charge in [-0.15, -0.1) is 0 Å². The number of nitriles is 1. The first-order valence-corrected chi connectivity index (χ1v) is 8.66. The smallest absolute Gasteiger partial charge is 0.337 e. The van der Waals surface area contributed by atoms with E-state index in [1.54, 1.807) is 10.5 Å². The highest BCUT2D eigenvalue weighted by molar-refractivity contribution is 5.92. The molecule has 6 heteroatoms. The molecule has 2 aromatic heterocycles. The molecule has 2 aromatic rings. The van der Waals surface area contributed by atoms with Gasteiger partial charge in [0.1, 0.15) is 5.65 Å². The van der Waals surface area contributed by atoms with Gasteiger partial charge in [0, 0.05) is 24.4 Å². The summed E-state index contributed by atoms with van der Waals surface area (Å²) in [5, 5.41) is 19.1. The van der Waals surface area contributed by atoms with Crippen LogP contribution in [0, 0.1) is 11.3 Å². The van der Waals surface area contributed by atoms with E-state index in [4.69, 9.17) is 9.72 Å². The van der Waals surface area contributed by atoms with Crippen molar-refractivity contribution in [1.29, 1.82) is 5.26 Å². The summed E-state index contributed by atoms with van der Waals surface area (Å²) in [5.41, 5.74) is 1.49. The van der Waals surface area contributed by atoms with E-state index < -0.39 is 11.4 Å². The maximum Gasteiger partial charge on any atom is 0.337 e. The summed E-state index contributed by atoms with van der Waals surface area (Å²) in [6.45, 7) is 4.87. The molecule has 6 nitrogen and oxygen atoms in total. The van der Waals surface area contributed by atoms with Crippen LogP contribution in [0.1, 0.15) is 67.2 Å². The summed E-state index contributed by atoms with van der Waals surface area (Å²) in [7, 11) is 0. The number of carboxylic acids is 1. The first kappa shape index (κ1) is 16.1. The number of rotatable bonds is 3. The Morgan fingerprint density at radius 1 is 1.48 bits per heavy atom. The van der Waals surface area contributed by atoms with Crippen molar-refractivity contribution in [3.05, 3.63) is 35.3 Å². The number of carboxylic acid groups (broad SMARTS) is 1. The van der Waals surface area contributed by atoms with Crippen LogP contribution >= 0.6 is 0 Å². The average molecular weight is 339 g/mol. The molecule has 0 spiro atoms. The zero-order valence-electron chi connectivity index (χ0n) is 14.5. The second kappa shape index (κ2) is 5.30. The molecule has 0 radical (unpaired) electrons. The predicted molar refractivity (Wildman–Crippen MR) is 90.7 cm³/mol. The summed E-state index contributed by atoms with van der Waals surface area (Å²) in [4.78, 5) is 16.4. The van der Waals surface area contributed by atoms with Crippen molar-refractivity contribution in [3.63, 3.8) is 0 Å². The lowest BCUT2D eigenvalue weighted by Gasteiger charge is -2.35. The van der Waals surface area contributed by atoms with Gasteiger partial charge in [0.15, 0.2) is 0 Å². The number of fused-ring (bicyclic) bond motifs is 1. The molecule has 1 atom stereocenters. The minimum Gasteiger partial charge on any atom is -0.478 e. The maximum atomic E-state index is 11.7. The minimum atomic E-state index is -1.00. The number of hydrogen-bond acceptors (Lipinski definition) is 4. The Labute approximate surface area is 146 Å². The number of hydrogen-bond donors (Lipinski definition) is 1. The third kappa shape index (κ3) is 2.59. The van der Waals surface area contributed by atoms with E-state index in [-0.39, 0.29) is 11.2 Å². The normalized spacial score (nSPS) is 24.0. The zero-order chi connectivity index (χ0) is 17.8. The summed E-state index contributed by atoms with van der Waals surface area (Å²) in [6, 6.07) is 5.86. The van der Waals surface area contributed by atoms with Crippen LogP contribution in [-0.2, 0) is 10.2 Å². The van der Waals surface area contributed by atoms with Gasteiger partial charge in [0.05, 0.1) is 28.3 Å². The molecule has 0 bridgehead atoms. The Balaban J connectivity index is 1.80. The number of aromatic nitrogens is 2. The first-order chi connectivity index (χ1) is 11.9. The van der Waals surface area contributed by atoms with Crippen LogP contribution in [0.15, 0.2) is 18.3 Å². The van der Waals surface area contributed by atoms with Crippen LogP contribution in [0.25, 0.3) is 5.65 Å². The van der Waals surface area contributed by atoms with Crippen LogP contribution < -0.4 is 0 Å². The lowest BCUT2D eigenvalue weighted by atomic mass is 9.86. The van der Waals surface area contributed by atoms with E-state index >= 15 is 0 Å². The molecular formula is C19H21N3O3. The molecule has 0 amide bonds. The van der Waals surface area contributed by atoms with Gasteiger partial charge in [-0.2, -0.15) is 5.26 Å². The van der Waals surface area contributed by atoms with Crippen LogP contribution in [0.5, 0.6) is 0 Å². The molecule has 1 saturated heterocycles. The highest BCUT2D eigenvalue weighted by Gasteiger charge is 2.49. The first-order valence-electron chi connectivity index (χ1n) is 8.66. The largest absolute Gasteiger partial charge is 0.478 e. The van der Waals surface area contributed by atoms with E-state index in [0.29, 0.717) is 36.7 Å². The molecule has 2 aliphatic rings. The van der Waals surface area contributed by atoms with E-state index in [9.17, 15) is 15.2 Å². The third-order valence-electron chi connectivity index (χ3n) is 5.42. The van der Waals surface area contributed by atoms with E-state index in [1.165, 1.54) is 0 Å². The molecule has 1 aliphatic heterocycles. The highest BCUT2D eigenvalue weighted by atomic mass is 16.5. The fourth-order valence-electron chi connectivity index (χ4n) is 3.96. The maximum absolute atomic E-state index is 11.7.